The predicted molar refractivity (Wildman–Crippen MR) is 345 cm³/mol. The Morgan fingerprint density at radius 2 is 0.716 bits per heavy atom. The van der Waals surface area contributed by atoms with Crippen LogP contribution < -0.4 is 0 Å². The van der Waals surface area contributed by atoms with Crippen LogP contribution in [0.4, 0.5) is 0 Å². The van der Waals surface area contributed by atoms with Crippen LogP contribution in [0, 0.1) is 0 Å². The van der Waals surface area contributed by atoms with Gasteiger partial charge in [0.05, 0.1) is 34.4 Å². The Morgan fingerprint density at radius 1 is 0.383 bits per heavy atom. The minimum atomic E-state index is -1.53. The van der Waals surface area contributed by atoms with Gasteiger partial charge in [-0.2, -0.15) is 0 Å². The van der Waals surface area contributed by atoms with Crippen molar-refractivity contribution >= 4 is 17.9 Å². The molecule has 0 saturated heterocycles. The number of hydrogen-bond donors (Lipinski definition) is 1. The first kappa shape index (κ1) is 77.2. The first-order valence-electron chi connectivity index (χ1n) is 33.4. The monoisotopic (exact) mass is 1130 g/mol. The summed E-state index contributed by atoms with van der Waals surface area (Å²) in [7, 11) is 5.95. The van der Waals surface area contributed by atoms with E-state index < -0.39 is 24.3 Å². The number of nitrogens with zero attached hydrogens (tertiary/aromatic N) is 1. The number of esters is 2. The van der Waals surface area contributed by atoms with E-state index >= 15 is 0 Å². The molecule has 9 nitrogen and oxygen atoms in total. The lowest BCUT2D eigenvalue weighted by Crippen LogP contribution is -2.40. The van der Waals surface area contributed by atoms with E-state index in [1.165, 1.54) is 180 Å². The molecule has 0 aliphatic heterocycles. The lowest BCUT2D eigenvalue weighted by Gasteiger charge is -2.25. The third-order valence-corrected chi connectivity index (χ3v) is 14.3. The lowest BCUT2D eigenvalue weighted by atomic mass is 10.0. The number of allylic oxidation sites excluding steroid dienone is 16. The molecule has 466 valence electrons. The molecule has 0 spiro atoms. The third-order valence-electron chi connectivity index (χ3n) is 14.3. The fourth-order valence-electron chi connectivity index (χ4n) is 9.23. The molecule has 0 aliphatic rings. The largest absolute Gasteiger partial charge is 0.477 e. The number of carbonyl (C=O) groups excluding carboxylic acids is 2. The van der Waals surface area contributed by atoms with E-state index in [4.69, 9.17) is 18.9 Å². The second-order valence-electron chi connectivity index (χ2n) is 23.4. The molecule has 0 heterocycles. The van der Waals surface area contributed by atoms with E-state index in [2.05, 4.69) is 111 Å². The standard InChI is InChI=1S/C72H125NO8/c1-6-8-10-12-14-16-18-20-22-24-25-26-27-28-29-30-31-32-33-34-35-36-37-38-39-40-41-42-43-44-45-47-48-50-52-54-56-58-60-62-69(74)79-66-68(67-80-72(71(76)77)78-65-64-73(3,4)5)81-70(75)63-61-59-57-55-53-51-49-46-23-21-19-17-15-13-11-9-7-2/h9,11,15,17-18,20-21,23-25,27-28,49,51,55,57,68,72H,6-8,10,12-14,16,19,22,26,29-48,50,52-54,56,58-67H2,1-5H3/p+1/b11-9-,17-15-,20-18-,23-21-,25-24-,28-27-,51-49-,57-55-. The SMILES string of the molecule is CC/C=C\C/C=C\C/C=C\C/C=C\C/C=C\CCCC(=O)OC(COC(=O)CCCCCCCCCCCCCCCCCCCCCCCCCC/C=C\C/C=C\C/C=C\CCCCCCC)COC(OCC[N+](C)(C)C)C(=O)O. The Morgan fingerprint density at radius 3 is 1.09 bits per heavy atom. The predicted octanol–water partition coefficient (Wildman–Crippen LogP) is 20.5. The summed E-state index contributed by atoms with van der Waals surface area (Å²) in [6, 6.07) is 0. The highest BCUT2D eigenvalue weighted by Gasteiger charge is 2.25. The lowest BCUT2D eigenvalue weighted by molar-refractivity contribution is -0.870. The highest BCUT2D eigenvalue weighted by molar-refractivity contribution is 5.71. The van der Waals surface area contributed by atoms with Crippen LogP contribution in [-0.4, -0.2) is 87.4 Å². The fourth-order valence-corrected chi connectivity index (χ4v) is 9.23. The Bertz CT molecular complexity index is 1650. The molecule has 0 aromatic carbocycles. The summed E-state index contributed by atoms with van der Waals surface area (Å²) in [5, 5.41) is 9.71. The molecule has 0 radical (unpaired) electrons. The van der Waals surface area contributed by atoms with Crippen LogP contribution in [0.3, 0.4) is 0 Å². The van der Waals surface area contributed by atoms with Crippen molar-refractivity contribution in [3.05, 3.63) is 97.2 Å². The van der Waals surface area contributed by atoms with Gasteiger partial charge in [-0.3, -0.25) is 9.59 Å². The number of carboxylic acid groups (broad SMARTS) is 1. The molecule has 0 rings (SSSR count). The third kappa shape index (κ3) is 63.6. The van der Waals surface area contributed by atoms with Gasteiger partial charge in [0, 0.05) is 12.8 Å². The number of likely N-dealkylation sites (N-methyl/N-ethyl adjacent to an activating group) is 1. The molecule has 0 fully saturated rings. The number of carbonyl (C=O) groups is 3. The van der Waals surface area contributed by atoms with Crippen molar-refractivity contribution in [1.29, 1.82) is 0 Å². The van der Waals surface area contributed by atoms with Crippen molar-refractivity contribution in [2.75, 3.05) is 47.5 Å². The van der Waals surface area contributed by atoms with Gasteiger partial charge in [0.1, 0.15) is 13.2 Å². The molecule has 0 aromatic heterocycles. The minimum Gasteiger partial charge on any atom is -0.477 e. The van der Waals surface area contributed by atoms with Crippen LogP contribution in [0.25, 0.3) is 0 Å². The molecule has 0 aliphatic carbocycles. The van der Waals surface area contributed by atoms with Crippen LogP contribution >= 0.6 is 0 Å². The van der Waals surface area contributed by atoms with Crippen molar-refractivity contribution in [1.82, 2.24) is 0 Å². The molecule has 0 aromatic rings. The molecule has 2 atom stereocenters. The smallest absolute Gasteiger partial charge is 0.361 e. The van der Waals surface area contributed by atoms with E-state index in [0.717, 1.165) is 70.6 Å². The molecule has 1 N–H and O–H groups in total. The second kappa shape index (κ2) is 62.3. The van der Waals surface area contributed by atoms with Crippen molar-refractivity contribution in [3.63, 3.8) is 0 Å². The van der Waals surface area contributed by atoms with Crippen LogP contribution in [0.1, 0.15) is 284 Å². The van der Waals surface area contributed by atoms with E-state index in [9.17, 15) is 19.5 Å². The Kier molecular flexibility index (Phi) is 59.3. The quantitative estimate of drug-likeness (QED) is 0.0211. The molecule has 2 unspecified atom stereocenters. The van der Waals surface area contributed by atoms with E-state index in [-0.39, 0.29) is 38.6 Å². The van der Waals surface area contributed by atoms with Gasteiger partial charge < -0.3 is 28.5 Å². The van der Waals surface area contributed by atoms with Gasteiger partial charge in [-0.15, -0.1) is 0 Å². The number of aliphatic carboxylic acids is 1. The zero-order valence-electron chi connectivity index (χ0n) is 53.2. The summed E-state index contributed by atoms with van der Waals surface area (Å²) in [4.78, 5) is 37.4. The average molecular weight is 1130 g/mol. The molecular weight excluding hydrogens is 1010 g/mol. The van der Waals surface area contributed by atoms with E-state index in [1.54, 1.807) is 0 Å². The van der Waals surface area contributed by atoms with Crippen molar-refractivity contribution < 1.29 is 42.9 Å². The summed E-state index contributed by atoms with van der Waals surface area (Å²) in [5.41, 5.74) is 0. The summed E-state index contributed by atoms with van der Waals surface area (Å²) in [6.07, 6.45) is 82.6. The topological polar surface area (TPSA) is 108 Å². The number of unbranched alkanes of at least 4 members (excludes halogenated alkanes) is 30. The zero-order valence-corrected chi connectivity index (χ0v) is 53.2. The van der Waals surface area contributed by atoms with E-state index in [1.807, 2.05) is 21.1 Å². The fraction of sp³-hybridized carbons (Fsp3) is 0.736. The average Bonchev–Trinajstić information content (AvgIpc) is 3.44. The highest BCUT2D eigenvalue weighted by Crippen LogP contribution is 2.17. The molecule has 0 amide bonds. The number of carboxylic acids is 1. The van der Waals surface area contributed by atoms with Crippen molar-refractivity contribution in [3.8, 4) is 0 Å². The minimum absolute atomic E-state index is 0.174. The maximum absolute atomic E-state index is 12.8. The van der Waals surface area contributed by atoms with Gasteiger partial charge >= 0.3 is 17.9 Å². The van der Waals surface area contributed by atoms with Crippen molar-refractivity contribution in [2.24, 2.45) is 0 Å². The molecule has 9 heteroatoms. The normalized spacial score (nSPS) is 13.3. The van der Waals surface area contributed by atoms with Gasteiger partial charge in [-0.25, -0.2) is 4.79 Å². The number of hydrogen-bond acceptors (Lipinski definition) is 7. The Balaban J connectivity index is 4.01. The summed E-state index contributed by atoms with van der Waals surface area (Å²) in [5.74, 6) is -2.08. The van der Waals surface area contributed by atoms with Gasteiger partial charge in [0.2, 0.25) is 0 Å². The van der Waals surface area contributed by atoms with Gasteiger partial charge in [0.25, 0.3) is 6.29 Å². The Hall–Kier alpha value is -3.79. The van der Waals surface area contributed by atoms with Gasteiger partial charge in [-0.05, 0) is 89.9 Å². The first-order valence-corrected chi connectivity index (χ1v) is 33.4. The van der Waals surface area contributed by atoms with Gasteiger partial charge in [-0.1, -0.05) is 278 Å². The van der Waals surface area contributed by atoms with Crippen LogP contribution in [0.2, 0.25) is 0 Å². The van der Waals surface area contributed by atoms with Gasteiger partial charge in [0.15, 0.2) is 6.10 Å². The van der Waals surface area contributed by atoms with Crippen LogP contribution in [-0.2, 0) is 33.3 Å². The second-order valence-corrected chi connectivity index (χ2v) is 23.4. The van der Waals surface area contributed by atoms with Crippen LogP contribution in [0.15, 0.2) is 97.2 Å². The molecule has 0 saturated carbocycles. The van der Waals surface area contributed by atoms with Crippen molar-refractivity contribution in [2.45, 2.75) is 296 Å². The molecule has 0 bridgehead atoms. The maximum Gasteiger partial charge on any atom is 0.361 e. The number of ether oxygens (including phenoxy) is 4. The summed E-state index contributed by atoms with van der Waals surface area (Å²) >= 11 is 0. The maximum atomic E-state index is 12.8. The molecule has 81 heavy (non-hydrogen) atoms. The van der Waals surface area contributed by atoms with Crippen LogP contribution in [0.5, 0.6) is 0 Å². The number of rotatable bonds is 61. The Labute approximate surface area is 499 Å². The zero-order chi connectivity index (χ0) is 59.1. The highest BCUT2D eigenvalue weighted by atomic mass is 16.7. The first-order chi connectivity index (χ1) is 39.6. The molecular formula is C72H126NO8+. The van der Waals surface area contributed by atoms with E-state index in [0.29, 0.717) is 17.4 Å². The summed E-state index contributed by atoms with van der Waals surface area (Å²) in [6.45, 7) is 4.70. The number of quaternary nitrogens is 1. The summed E-state index contributed by atoms with van der Waals surface area (Å²) < 4.78 is 22.8.